The number of aromatic amines is 1. The molecule has 212 valence electrons. The highest BCUT2D eigenvalue weighted by Gasteiger charge is 2.16. The zero-order valence-electron chi connectivity index (χ0n) is 23.2. The van der Waals surface area contributed by atoms with Gasteiger partial charge in [0.05, 0.1) is 11.4 Å². The van der Waals surface area contributed by atoms with Crippen molar-refractivity contribution in [3.8, 4) is 16.9 Å². The van der Waals surface area contributed by atoms with E-state index in [2.05, 4.69) is 20.6 Å². The molecule has 0 saturated carbocycles. The highest BCUT2D eigenvalue weighted by molar-refractivity contribution is 5.83. The quantitative estimate of drug-likeness (QED) is 0.0855. The van der Waals surface area contributed by atoms with Crippen LogP contribution in [0.25, 0.3) is 28.0 Å². The Morgan fingerprint density at radius 2 is 1.93 bits per heavy atom. The predicted octanol–water partition coefficient (Wildman–Crippen LogP) is 3.71. The van der Waals surface area contributed by atoms with Crippen LogP contribution in [0.3, 0.4) is 0 Å². The van der Waals surface area contributed by atoms with Gasteiger partial charge in [-0.25, -0.2) is 9.18 Å². The summed E-state index contributed by atoms with van der Waals surface area (Å²) in [4.78, 5) is 20.3. The summed E-state index contributed by atoms with van der Waals surface area (Å²) in [6.07, 6.45) is 5.85. The van der Waals surface area contributed by atoms with Crippen LogP contribution in [0.15, 0.2) is 53.5 Å². The minimum Gasteiger partial charge on any atom is -0.370 e. The SMILES string of the molecule is CCc1cc(CCC[C@H](C)N)cc(-c2cc3cn(-c4ccc(CNCCCNC(=N)N)cc4)c(=O)nc3[nH]2)c1F. The number of H-pyrrole nitrogens is 1. The van der Waals surface area contributed by atoms with Crippen molar-refractivity contribution in [1.29, 1.82) is 5.41 Å². The summed E-state index contributed by atoms with van der Waals surface area (Å²) in [7, 11) is 0. The van der Waals surface area contributed by atoms with Crippen molar-refractivity contribution in [2.24, 2.45) is 11.5 Å². The van der Waals surface area contributed by atoms with Crippen molar-refractivity contribution in [3.05, 3.63) is 81.7 Å². The number of hydrogen-bond donors (Lipinski definition) is 6. The monoisotopic (exact) mass is 546 g/mol. The topological polar surface area (TPSA) is 151 Å². The van der Waals surface area contributed by atoms with Gasteiger partial charge in [0.25, 0.3) is 0 Å². The molecule has 0 aliphatic rings. The molecular formula is C30H39FN8O. The van der Waals surface area contributed by atoms with Gasteiger partial charge >= 0.3 is 5.69 Å². The number of aryl methyl sites for hydroxylation is 2. The van der Waals surface area contributed by atoms with Gasteiger partial charge in [-0.1, -0.05) is 25.1 Å². The highest BCUT2D eigenvalue weighted by Crippen LogP contribution is 2.29. The molecular weight excluding hydrogens is 507 g/mol. The molecule has 9 nitrogen and oxygen atoms in total. The Morgan fingerprint density at radius 3 is 2.62 bits per heavy atom. The molecule has 10 heteroatoms. The standard InChI is InChI=1S/C30H39FN8O/c1-3-22-14-21(7-4-6-19(2)32)15-25(27(22)31)26-16-23-18-39(30(40)38-28(23)37-26)24-10-8-20(9-11-24)17-35-12-5-13-36-29(33)34/h8-11,14-16,18-19,35H,3-7,12-13,17,32H2,1-2H3,(H4,33,34,36)(H,37,38,40)/t19-/m0/s1. The number of nitrogens with one attached hydrogen (secondary N) is 4. The van der Waals surface area contributed by atoms with Crippen LogP contribution in [0.2, 0.25) is 0 Å². The molecule has 4 rings (SSSR count). The molecule has 0 fully saturated rings. The van der Waals surface area contributed by atoms with Crippen molar-refractivity contribution in [3.63, 3.8) is 0 Å². The molecule has 0 radical (unpaired) electrons. The maximum Gasteiger partial charge on any atom is 0.354 e. The molecule has 0 unspecified atom stereocenters. The summed E-state index contributed by atoms with van der Waals surface area (Å²) < 4.78 is 16.9. The fourth-order valence-corrected chi connectivity index (χ4v) is 4.74. The molecule has 40 heavy (non-hydrogen) atoms. The van der Waals surface area contributed by atoms with Crippen LogP contribution in [0.5, 0.6) is 0 Å². The third kappa shape index (κ3) is 7.34. The molecule has 0 bridgehead atoms. The summed E-state index contributed by atoms with van der Waals surface area (Å²) in [5.41, 5.74) is 15.8. The van der Waals surface area contributed by atoms with Gasteiger partial charge in [0.15, 0.2) is 5.96 Å². The number of hydrogen-bond acceptors (Lipinski definition) is 5. The Kier molecular flexibility index (Phi) is 9.68. The number of fused-ring (bicyclic) bond motifs is 1. The van der Waals surface area contributed by atoms with Crippen LogP contribution in [0, 0.1) is 11.2 Å². The van der Waals surface area contributed by atoms with Crippen molar-refractivity contribution in [2.75, 3.05) is 13.1 Å². The summed E-state index contributed by atoms with van der Waals surface area (Å²) in [6.45, 7) is 6.06. The maximum atomic E-state index is 15.4. The van der Waals surface area contributed by atoms with Gasteiger partial charge in [-0.05, 0) is 86.5 Å². The van der Waals surface area contributed by atoms with Gasteiger partial charge in [0, 0.05) is 36.3 Å². The molecule has 2 heterocycles. The Labute approximate surface area is 233 Å². The van der Waals surface area contributed by atoms with Gasteiger partial charge in [-0.2, -0.15) is 4.98 Å². The summed E-state index contributed by atoms with van der Waals surface area (Å²) >= 11 is 0. The van der Waals surface area contributed by atoms with E-state index >= 15 is 4.39 Å². The average Bonchev–Trinajstić information content (AvgIpc) is 3.33. The molecule has 0 aliphatic carbocycles. The Balaban J connectivity index is 1.52. The molecule has 0 saturated heterocycles. The molecule has 0 amide bonds. The van der Waals surface area contributed by atoms with E-state index in [1.54, 1.807) is 6.20 Å². The first-order chi connectivity index (χ1) is 19.2. The van der Waals surface area contributed by atoms with Crippen LogP contribution < -0.4 is 27.8 Å². The first kappa shape index (κ1) is 29.0. The zero-order chi connectivity index (χ0) is 28.6. The largest absolute Gasteiger partial charge is 0.370 e. The number of rotatable bonds is 13. The van der Waals surface area contributed by atoms with Crippen LogP contribution in [-0.4, -0.2) is 39.6 Å². The smallest absolute Gasteiger partial charge is 0.354 e. The van der Waals surface area contributed by atoms with Crippen LogP contribution in [0.4, 0.5) is 4.39 Å². The van der Waals surface area contributed by atoms with E-state index in [9.17, 15) is 4.79 Å². The average molecular weight is 547 g/mol. The Hall–Kier alpha value is -4.02. The molecule has 2 aromatic carbocycles. The maximum absolute atomic E-state index is 15.4. The normalized spacial score (nSPS) is 12.1. The fraction of sp³-hybridized carbons (Fsp3) is 0.367. The van der Waals surface area contributed by atoms with Crippen LogP contribution in [-0.2, 0) is 19.4 Å². The van der Waals surface area contributed by atoms with E-state index in [1.165, 1.54) is 4.57 Å². The van der Waals surface area contributed by atoms with E-state index in [4.69, 9.17) is 16.9 Å². The molecule has 4 aromatic rings. The number of aromatic nitrogens is 3. The Morgan fingerprint density at radius 1 is 1.15 bits per heavy atom. The van der Waals surface area contributed by atoms with Gasteiger partial charge in [0.2, 0.25) is 0 Å². The Bertz CT molecular complexity index is 1510. The number of benzene rings is 2. The summed E-state index contributed by atoms with van der Waals surface area (Å²) in [5, 5.41) is 14.0. The summed E-state index contributed by atoms with van der Waals surface area (Å²) in [5.74, 6) is -0.273. The van der Waals surface area contributed by atoms with E-state index in [0.29, 0.717) is 47.7 Å². The molecule has 0 aliphatic heterocycles. The van der Waals surface area contributed by atoms with Crippen LogP contribution in [0.1, 0.15) is 49.8 Å². The molecule has 1 atom stereocenters. The minimum atomic E-state index is -0.413. The van der Waals surface area contributed by atoms with Crippen molar-refractivity contribution >= 4 is 17.0 Å². The van der Waals surface area contributed by atoms with E-state index < -0.39 is 5.69 Å². The van der Waals surface area contributed by atoms with Crippen molar-refractivity contribution in [1.82, 2.24) is 25.2 Å². The van der Waals surface area contributed by atoms with Crippen molar-refractivity contribution < 1.29 is 4.39 Å². The number of halogens is 1. The summed E-state index contributed by atoms with van der Waals surface area (Å²) in [6, 6.07) is 13.5. The zero-order valence-corrected chi connectivity index (χ0v) is 23.2. The lowest BCUT2D eigenvalue weighted by Gasteiger charge is -2.11. The van der Waals surface area contributed by atoms with E-state index in [-0.39, 0.29) is 17.8 Å². The molecule has 2 aromatic heterocycles. The minimum absolute atomic E-state index is 0.0230. The number of nitrogens with two attached hydrogens (primary N) is 2. The van der Waals surface area contributed by atoms with Gasteiger partial charge in [0.1, 0.15) is 11.5 Å². The lowest BCUT2D eigenvalue weighted by Crippen LogP contribution is -2.32. The van der Waals surface area contributed by atoms with Crippen molar-refractivity contribution in [2.45, 2.75) is 58.5 Å². The second-order valence-corrected chi connectivity index (χ2v) is 10.3. The van der Waals surface area contributed by atoms with Gasteiger partial charge < -0.3 is 27.1 Å². The predicted molar refractivity (Wildman–Crippen MR) is 159 cm³/mol. The van der Waals surface area contributed by atoms with Gasteiger partial charge in [-0.15, -0.1) is 0 Å². The fourth-order valence-electron chi connectivity index (χ4n) is 4.74. The lowest BCUT2D eigenvalue weighted by molar-refractivity contribution is 0.608. The third-order valence-corrected chi connectivity index (χ3v) is 6.90. The second kappa shape index (κ2) is 13.4. The van der Waals surface area contributed by atoms with E-state index in [0.717, 1.165) is 48.7 Å². The molecule has 8 N–H and O–H groups in total. The van der Waals surface area contributed by atoms with Crippen LogP contribution >= 0.6 is 0 Å². The lowest BCUT2D eigenvalue weighted by atomic mass is 9.97. The third-order valence-electron chi connectivity index (χ3n) is 6.90. The first-order valence-electron chi connectivity index (χ1n) is 13.8. The molecule has 0 spiro atoms. The van der Waals surface area contributed by atoms with Gasteiger partial charge in [-0.3, -0.25) is 9.98 Å². The number of guanidine groups is 1. The first-order valence-corrected chi connectivity index (χ1v) is 13.8. The van der Waals surface area contributed by atoms with E-state index in [1.807, 2.05) is 56.3 Å². The highest BCUT2D eigenvalue weighted by atomic mass is 19.1. The second-order valence-electron chi connectivity index (χ2n) is 10.3. The number of nitrogens with zero attached hydrogens (tertiary/aromatic N) is 2.